The molecular formula is C14H25NO5. The van der Waals surface area contributed by atoms with Gasteiger partial charge in [0, 0.05) is 6.54 Å². The van der Waals surface area contributed by atoms with Crippen molar-refractivity contribution in [2.45, 2.75) is 52.7 Å². The van der Waals surface area contributed by atoms with Gasteiger partial charge in [-0.15, -0.1) is 0 Å². The fourth-order valence-corrected chi connectivity index (χ4v) is 2.30. The highest BCUT2D eigenvalue weighted by Gasteiger charge is 2.41. The third-order valence-electron chi connectivity index (χ3n) is 3.27. The maximum atomic E-state index is 12.3. The number of amides is 1. The van der Waals surface area contributed by atoms with Crippen LogP contribution in [0, 0.1) is 5.41 Å². The van der Waals surface area contributed by atoms with Crippen LogP contribution < -0.4 is 0 Å². The highest BCUT2D eigenvalue weighted by atomic mass is 16.6. The monoisotopic (exact) mass is 287 g/mol. The fourth-order valence-electron chi connectivity index (χ4n) is 2.30. The van der Waals surface area contributed by atoms with Gasteiger partial charge in [-0.3, -0.25) is 4.79 Å². The predicted octanol–water partition coefficient (Wildman–Crippen LogP) is 2.12. The first-order valence-electron chi connectivity index (χ1n) is 6.82. The average Bonchev–Trinajstić information content (AvgIpc) is 2.25. The minimum absolute atomic E-state index is 0.0275. The van der Waals surface area contributed by atoms with Crippen molar-refractivity contribution in [3.05, 3.63) is 0 Å². The van der Waals surface area contributed by atoms with Crippen LogP contribution in [0.25, 0.3) is 0 Å². The van der Waals surface area contributed by atoms with E-state index in [1.165, 1.54) is 0 Å². The average molecular weight is 287 g/mol. The number of carboxylic acid groups (broad SMARTS) is 1. The Kier molecular flexibility index (Phi) is 5.02. The molecule has 1 atom stereocenters. The molecule has 0 aromatic heterocycles. The molecule has 0 bridgehead atoms. The lowest BCUT2D eigenvalue weighted by molar-refractivity contribution is -0.142. The summed E-state index contributed by atoms with van der Waals surface area (Å²) < 4.78 is 10.8. The summed E-state index contributed by atoms with van der Waals surface area (Å²) in [6, 6.07) is -0.304. The van der Waals surface area contributed by atoms with Crippen molar-refractivity contribution in [3.8, 4) is 0 Å². The van der Waals surface area contributed by atoms with Gasteiger partial charge in [-0.25, -0.2) is 4.79 Å². The Labute approximate surface area is 120 Å². The summed E-state index contributed by atoms with van der Waals surface area (Å²) >= 11 is 0. The number of carbonyl (C=O) groups is 2. The second kappa shape index (κ2) is 5.99. The van der Waals surface area contributed by atoms with Gasteiger partial charge in [0.05, 0.1) is 25.7 Å². The molecule has 1 fully saturated rings. The SMILES string of the molecule is CC(C)(C)OC(=O)N1CCOCC1C(C)(C)CC(=O)O. The van der Waals surface area contributed by atoms with E-state index in [-0.39, 0.29) is 12.5 Å². The molecule has 0 radical (unpaired) electrons. The van der Waals surface area contributed by atoms with Gasteiger partial charge >= 0.3 is 12.1 Å². The summed E-state index contributed by atoms with van der Waals surface area (Å²) in [6.07, 6.45) is -0.440. The van der Waals surface area contributed by atoms with Gasteiger partial charge in [0.25, 0.3) is 0 Å². The summed E-state index contributed by atoms with van der Waals surface area (Å²) in [6.45, 7) is 10.3. The Bertz CT molecular complexity index is 372. The Balaban J connectivity index is 2.86. The summed E-state index contributed by atoms with van der Waals surface area (Å²) in [4.78, 5) is 24.8. The normalized spacial score (nSPS) is 20.6. The van der Waals surface area contributed by atoms with Crippen molar-refractivity contribution in [2.75, 3.05) is 19.8 Å². The lowest BCUT2D eigenvalue weighted by Crippen LogP contribution is -2.56. The van der Waals surface area contributed by atoms with E-state index < -0.39 is 23.1 Å². The number of hydrogen-bond acceptors (Lipinski definition) is 4. The van der Waals surface area contributed by atoms with E-state index in [4.69, 9.17) is 14.6 Å². The number of carboxylic acids is 1. The Morgan fingerprint density at radius 1 is 1.30 bits per heavy atom. The van der Waals surface area contributed by atoms with Gasteiger partial charge in [0.15, 0.2) is 0 Å². The van der Waals surface area contributed by atoms with Crippen LogP contribution in [0.15, 0.2) is 0 Å². The molecule has 0 aromatic rings. The van der Waals surface area contributed by atoms with E-state index in [9.17, 15) is 9.59 Å². The second-order valence-corrected chi connectivity index (χ2v) is 6.82. The van der Waals surface area contributed by atoms with E-state index in [0.29, 0.717) is 19.8 Å². The molecule has 116 valence electrons. The lowest BCUT2D eigenvalue weighted by Gasteiger charge is -2.44. The van der Waals surface area contributed by atoms with Crippen molar-refractivity contribution >= 4 is 12.1 Å². The molecule has 1 N–H and O–H groups in total. The van der Waals surface area contributed by atoms with Crippen LogP contribution in [-0.4, -0.2) is 53.5 Å². The van der Waals surface area contributed by atoms with Gasteiger partial charge < -0.3 is 19.5 Å². The zero-order chi connectivity index (χ0) is 15.6. The smallest absolute Gasteiger partial charge is 0.410 e. The number of nitrogens with zero attached hydrogens (tertiary/aromatic N) is 1. The van der Waals surface area contributed by atoms with E-state index in [1.54, 1.807) is 4.90 Å². The molecular weight excluding hydrogens is 262 g/mol. The quantitative estimate of drug-likeness (QED) is 0.860. The molecule has 0 aliphatic carbocycles. The van der Waals surface area contributed by atoms with Gasteiger partial charge in [-0.1, -0.05) is 13.8 Å². The lowest BCUT2D eigenvalue weighted by atomic mass is 9.80. The number of rotatable bonds is 3. The zero-order valence-corrected chi connectivity index (χ0v) is 12.9. The minimum Gasteiger partial charge on any atom is -0.481 e. The molecule has 0 aromatic carbocycles. The van der Waals surface area contributed by atoms with E-state index in [1.807, 2.05) is 34.6 Å². The largest absolute Gasteiger partial charge is 0.481 e. The van der Waals surface area contributed by atoms with Crippen LogP contribution in [0.4, 0.5) is 4.79 Å². The molecule has 0 saturated carbocycles. The molecule has 1 rings (SSSR count). The number of carbonyl (C=O) groups excluding carboxylic acids is 1. The van der Waals surface area contributed by atoms with Crippen LogP contribution >= 0.6 is 0 Å². The summed E-state index contributed by atoms with van der Waals surface area (Å²) in [5.74, 6) is -0.885. The van der Waals surface area contributed by atoms with Crippen molar-refractivity contribution in [1.29, 1.82) is 0 Å². The summed E-state index contributed by atoms with van der Waals surface area (Å²) in [7, 11) is 0. The Morgan fingerprint density at radius 3 is 2.40 bits per heavy atom. The van der Waals surface area contributed by atoms with Crippen LogP contribution in [-0.2, 0) is 14.3 Å². The minimum atomic E-state index is -0.885. The highest BCUT2D eigenvalue weighted by molar-refractivity contribution is 5.70. The molecule has 1 heterocycles. The Hall–Kier alpha value is -1.30. The standard InChI is InChI=1S/C14H25NO5/c1-13(2,3)20-12(18)15-6-7-19-9-10(15)14(4,5)8-11(16)17/h10H,6-9H2,1-5H3,(H,16,17). The molecule has 6 heteroatoms. The molecule has 1 amide bonds. The maximum absolute atomic E-state index is 12.3. The van der Waals surface area contributed by atoms with Crippen molar-refractivity contribution < 1.29 is 24.2 Å². The first-order valence-corrected chi connectivity index (χ1v) is 6.82. The molecule has 1 saturated heterocycles. The zero-order valence-electron chi connectivity index (χ0n) is 12.9. The molecule has 1 aliphatic heterocycles. The highest BCUT2D eigenvalue weighted by Crippen LogP contribution is 2.32. The van der Waals surface area contributed by atoms with Crippen molar-refractivity contribution in [2.24, 2.45) is 5.41 Å². The van der Waals surface area contributed by atoms with Crippen LogP contribution in [0.5, 0.6) is 0 Å². The van der Waals surface area contributed by atoms with Gasteiger partial charge in [-0.2, -0.15) is 0 Å². The van der Waals surface area contributed by atoms with Gasteiger partial charge in [-0.05, 0) is 26.2 Å². The summed E-state index contributed by atoms with van der Waals surface area (Å²) in [5, 5.41) is 9.02. The predicted molar refractivity (Wildman–Crippen MR) is 73.6 cm³/mol. The number of morpholine rings is 1. The maximum Gasteiger partial charge on any atom is 0.410 e. The second-order valence-electron chi connectivity index (χ2n) is 6.82. The number of ether oxygens (including phenoxy) is 2. The van der Waals surface area contributed by atoms with E-state index >= 15 is 0 Å². The number of hydrogen-bond donors (Lipinski definition) is 1. The van der Waals surface area contributed by atoms with Crippen LogP contribution in [0.3, 0.4) is 0 Å². The molecule has 0 spiro atoms. The molecule has 1 unspecified atom stereocenters. The van der Waals surface area contributed by atoms with Crippen molar-refractivity contribution in [1.82, 2.24) is 4.90 Å². The fraction of sp³-hybridized carbons (Fsp3) is 0.857. The topological polar surface area (TPSA) is 76.1 Å². The van der Waals surface area contributed by atoms with Gasteiger partial charge in [0.2, 0.25) is 0 Å². The van der Waals surface area contributed by atoms with E-state index in [2.05, 4.69) is 0 Å². The third kappa shape index (κ3) is 4.67. The van der Waals surface area contributed by atoms with Crippen molar-refractivity contribution in [3.63, 3.8) is 0 Å². The van der Waals surface area contributed by atoms with E-state index in [0.717, 1.165) is 0 Å². The third-order valence-corrected chi connectivity index (χ3v) is 3.27. The molecule has 1 aliphatic rings. The van der Waals surface area contributed by atoms with Gasteiger partial charge in [0.1, 0.15) is 5.60 Å². The summed E-state index contributed by atoms with van der Waals surface area (Å²) in [5.41, 5.74) is -1.15. The molecule has 20 heavy (non-hydrogen) atoms. The van der Waals surface area contributed by atoms with Crippen LogP contribution in [0.1, 0.15) is 41.0 Å². The first kappa shape index (κ1) is 16.8. The number of aliphatic carboxylic acids is 1. The first-order chi connectivity index (χ1) is 9.03. The Morgan fingerprint density at radius 2 is 1.90 bits per heavy atom. The van der Waals surface area contributed by atoms with Crippen LogP contribution in [0.2, 0.25) is 0 Å². The molecule has 6 nitrogen and oxygen atoms in total.